The molecule has 11 heavy (non-hydrogen) atoms. The molecule has 1 unspecified atom stereocenters. The van der Waals surface area contributed by atoms with E-state index in [1.165, 1.54) is 0 Å². The molecular formula is C5H12BF3KN. The fourth-order valence-corrected chi connectivity index (χ4v) is 0.629. The zero-order chi connectivity index (χ0) is 8.20. The van der Waals surface area contributed by atoms with Crippen molar-refractivity contribution in [3.8, 4) is 0 Å². The third-order valence-electron chi connectivity index (χ3n) is 1.38. The molecule has 0 aliphatic rings. The average molecular weight is 193 g/mol. The molecule has 2 N–H and O–H groups in total. The average Bonchev–Trinajstić information content (AvgIpc) is 1.80. The van der Waals surface area contributed by atoms with Crippen molar-refractivity contribution in [2.45, 2.75) is 32.1 Å². The summed E-state index contributed by atoms with van der Waals surface area (Å²) in [5, 5.41) is 0. The van der Waals surface area contributed by atoms with Crippen LogP contribution in [0, 0.1) is 0 Å². The largest absolute Gasteiger partial charge is 1.00 e. The second-order valence-corrected chi connectivity index (χ2v) is 2.43. The van der Waals surface area contributed by atoms with Gasteiger partial charge in [-0.25, -0.2) is 0 Å². The van der Waals surface area contributed by atoms with Crippen LogP contribution in [0.1, 0.15) is 26.2 Å². The molecule has 0 aliphatic heterocycles. The quantitative estimate of drug-likeness (QED) is 0.563. The summed E-state index contributed by atoms with van der Waals surface area (Å²) in [6.45, 7) is -2.96. The summed E-state index contributed by atoms with van der Waals surface area (Å²) in [7, 11) is 0. The molecule has 1 nitrogen and oxygen atoms in total. The van der Waals surface area contributed by atoms with Crippen LogP contribution in [0.25, 0.3) is 0 Å². The van der Waals surface area contributed by atoms with Gasteiger partial charge in [-0.3, -0.25) is 0 Å². The van der Waals surface area contributed by atoms with Gasteiger partial charge in [-0.1, -0.05) is 26.2 Å². The SMILES string of the molecule is CCCCC(N)[B-](F)(F)F.[K+]. The molecule has 0 bridgehead atoms. The molecule has 0 aliphatic carbocycles. The van der Waals surface area contributed by atoms with Crippen molar-refractivity contribution in [2.24, 2.45) is 5.73 Å². The van der Waals surface area contributed by atoms with Crippen LogP contribution in [0.2, 0.25) is 0 Å². The molecule has 0 aromatic heterocycles. The van der Waals surface area contributed by atoms with Gasteiger partial charge in [0.1, 0.15) is 0 Å². The maximum absolute atomic E-state index is 11.7. The fourth-order valence-electron chi connectivity index (χ4n) is 0.629. The van der Waals surface area contributed by atoms with Crippen molar-refractivity contribution in [3.05, 3.63) is 0 Å². The molecule has 1 atom stereocenters. The van der Waals surface area contributed by atoms with Gasteiger partial charge < -0.3 is 18.7 Å². The minimum absolute atomic E-state index is 0. The van der Waals surface area contributed by atoms with Gasteiger partial charge in [0.05, 0.1) is 0 Å². The van der Waals surface area contributed by atoms with E-state index in [1.54, 1.807) is 0 Å². The van der Waals surface area contributed by atoms with E-state index < -0.39 is 12.9 Å². The molecular weight excluding hydrogens is 181 g/mol. The minimum Gasteiger partial charge on any atom is -0.448 e. The van der Waals surface area contributed by atoms with Crippen LogP contribution in [0.4, 0.5) is 12.9 Å². The second kappa shape index (κ2) is 6.91. The minimum atomic E-state index is -4.80. The molecule has 0 spiro atoms. The predicted molar refractivity (Wildman–Crippen MR) is 36.6 cm³/mol. The summed E-state index contributed by atoms with van der Waals surface area (Å²) < 4.78 is 35.1. The zero-order valence-electron chi connectivity index (χ0n) is 6.99. The van der Waals surface area contributed by atoms with Crippen LogP contribution in [0.5, 0.6) is 0 Å². The Labute approximate surface area is 108 Å². The Morgan fingerprint density at radius 3 is 2.09 bits per heavy atom. The van der Waals surface area contributed by atoms with Gasteiger partial charge in [0, 0.05) is 0 Å². The van der Waals surface area contributed by atoms with Crippen molar-refractivity contribution in [2.75, 3.05) is 0 Å². The van der Waals surface area contributed by atoms with Crippen LogP contribution >= 0.6 is 0 Å². The van der Waals surface area contributed by atoms with E-state index in [2.05, 4.69) is 0 Å². The van der Waals surface area contributed by atoms with Crippen molar-refractivity contribution in [1.29, 1.82) is 0 Å². The first-order valence-electron chi connectivity index (χ1n) is 3.44. The summed E-state index contributed by atoms with van der Waals surface area (Å²) in [5.74, 6) is -1.57. The number of hydrogen-bond acceptors (Lipinski definition) is 1. The molecule has 0 aromatic carbocycles. The number of hydrogen-bond donors (Lipinski definition) is 1. The molecule has 0 amide bonds. The van der Waals surface area contributed by atoms with Crippen LogP contribution in [-0.4, -0.2) is 12.9 Å². The molecule has 0 rings (SSSR count). The van der Waals surface area contributed by atoms with E-state index in [0.717, 1.165) is 6.42 Å². The van der Waals surface area contributed by atoms with E-state index in [4.69, 9.17) is 5.73 Å². The van der Waals surface area contributed by atoms with Gasteiger partial charge >= 0.3 is 58.4 Å². The molecule has 6 heteroatoms. The third-order valence-corrected chi connectivity index (χ3v) is 1.38. The Morgan fingerprint density at radius 2 is 1.82 bits per heavy atom. The maximum Gasteiger partial charge on any atom is 1.00 e. The Bertz CT molecular complexity index is 98.2. The number of rotatable bonds is 4. The van der Waals surface area contributed by atoms with E-state index in [1.807, 2.05) is 6.92 Å². The monoisotopic (exact) mass is 193 g/mol. The Hall–Kier alpha value is 1.45. The topological polar surface area (TPSA) is 26.0 Å². The maximum atomic E-state index is 11.7. The molecule has 0 fully saturated rings. The van der Waals surface area contributed by atoms with Crippen LogP contribution in [-0.2, 0) is 0 Å². The summed E-state index contributed by atoms with van der Waals surface area (Å²) >= 11 is 0. The van der Waals surface area contributed by atoms with Crippen LogP contribution in [0.3, 0.4) is 0 Å². The predicted octanol–water partition coefficient (Wildman–Crippen LogP) is -1.11. The van der Waals surface area contributed by atoms with Crippen molar-refractivity contribution < 1.29 is 64.3 Å². The Morgan fingerprint density at radius 1 is 1.36 bits per heavy atom. The van der Waals surface area contributed by atoms with Gasteiger partial charge in [0.25, 0.3) is 0 Å². The summed E-state index contributed by atoms with van der Waals surface area (Å²) in [4.78, 5) is 0. The Kier molecular flexibility index (Phi) is 9.39. The normalized spacial score (nSPS) is 13.9. The smallest absolute Gasteiger partial charge is 0.448 e. The zero-order valence-corrected chi connectivity index (χ0v) is 10.1. The molecule has 0 saturated heterocycles. The van der Waals surface area contributed by atoms with E-state index in [9.17, 15) is 12.9 Å². The summed E-state index contributed by atoms with van der Waals surface area (Å²) in [6.07, 6.45) is 1.39. The molecule has 0 saturated carbocycles. The Balaban J connectivity index is 0. The molecule has 0 radical (unpaired) electrons. The number of halogens is 3. The van der Waals surface area contributed by atoms with Gasteiger partial charge in [-0.2, -0.15) is 0 Å². The van der Waals surface area contributed by atoms with Gasteiger partial charge in [0.2, 0.25) is 0 Å². The molecule has 0 heterocycles. The van der Waals surface area contributed by atoms with E-state index in [0.29, 0.717) is 6.42 Å². The fraction of sp³-hybridized carbons (Fsp3) is 1.00. The summed E-state index contributed by atoms with van der Waals surface area (Å²) in [5.41, 5.74) is 4.84. The van der Waals surface area contributed by atoms with Crippen molar-refractivity contribution in [1.82, 2.24) is 0 Å². The van der Waals surface area contributed by atoms with Crippen molar-refractivity contribution >= 4 is 6.98 Å². The van der Waals surface area contributed by atoms with Crippen LogP contribution < -0.4 is 57.1 Å². The first-order chi connectivity index (χ1) is 4.48. The van der Waals surface area contributed by atoms with Gasteiger partial charge in [0.15, 0.2) is 0 Å². The second-order valence-electron chi connectivity index (χ2n) is 2.43. The van der Waals surface area contributed by atoms with E-state index >= 15 is 0 Å². The third kappa shape index (κ3) is 7.80. The standard InChI is InChI=1S/C5H12BF3N.K/c1-2-3-4-5(10)6(7,8)9;/h5H,2-4,10H2,1H3;/q-1;+1. The molecule has 62 valence electrons. The number of nitrogens with two attached hydrogens (primary N) is 1. The van der Waals surface area contributed by atoms with Gasteiger partial charge in [-0.05, 0) is 5.94 Å². The van der Waals surface area contributed by atoms with E-state index in [-0.39, 0.29) is 57.8 Å². The van der Waals surface area contributed by atoms with Gasteiger partial charge in [-0.15, -0.1) is 0 Å². The molecule has 0 aromatic rings. The van der Waals surface area contributed by atoms with Crippen LogP contribution in [0.15, 0.2) is 0 Å². The first kappa shape index (κ1) is 14.9. The number of unbranched alkanes of at least 4 members (excludes halogenated alkanes) is 1. The summed E-state index contributed by atoms with van der Waals surface area (Å²) in [6, 6.07) is 0. The first-order valence-corrected chi connectivity index (χ1v) is 3.44. The van der Waals surface area contributed by atoms with Crippen molar-refractivity contribution in [3.63, 3.8) is 0 Å².